The molecule has 0 spiro atoms. The first-order valence-electron chi connectivity index (χ1n) is 7.19. The second-order valence-corrected chi connectivity index (χ2v) is 6.08. The van der Waals surface area contributed by atoms with Crippen LogP contribution in [-0.2, 0) is 6.54 Å². The van der Waals surface area contributed by atoms with Crippen molar-refractivity contribution in [3.8, 4) is 0 Å². The minimum Gasteiger partial charge on any atom is -0.387 e. The first kappa shape index (κ1) is 16.5. The summed E-state index contributed by atoms with van der Waals surface area (Å²) in [6, 6.07) is 12.8. The maximum absolute atomic E-state index is 13.7. The van der Waals surface area contributed by atoms with Crippen molar-refractivity contribution in [2.45, 2.75) is 17.8 Å². The Labute approximate surface area is 141 Å². The molecule has 1 atom stereocenters. The molecule has 0 aliphatic heterocycles. The predicted molar refractivity (Wildman–Crippen MR) is 85.4 cm³/mol. The van der Waals surface area contributed by atoms with E-state index in [1.807, 2.05) is 30.3 Å². The van der Waals surface area contributed by atoms with Gasteiger partial charge in [-0.2, -0.15) is 0 Å². The van der Waals surface area contributed by atoms with Gasteiger partial charge in [0.05, 0.1) is 12.6 Å². The first-order chi connectivity index (χ1) is 11.6. The summed E-state index contributed by atoms with van der Waals surface area (Å²) in [5.41, 5.74) is 1.09. The molecule has 0 saturated heterocycles. The zero-order chi connectivity index (χ0) is 16.9. The smallest absolute Gasteiger partial charge is 0.209 e. The highest BCUT2D eigenvalue weighted by molar-refractivity contribution is 7.99. The Hall–Kier alpha value is -2.32. The molecule has 1 heterocycles. The quantitative estimate of drug-likeness (QED) is 0.694. The SMILES string of the molecule is OC(CSc1nnnn1Cc1ccccc1)c1ccc(F)cc1F. The Bertz CT molecular complexity index is 813. The zero-order valence-electron chi connectivity index (χ0n) is 12.5. The van der Waals surface area contributed by atoms with E-state index in [2.05, 4.69) is 15.5 Å². The van der Waals surface area contributed by atoms with Crippen LogP contribution in [0.1, 0.15) is 17.2 Å². The van der Waals surface area contributed by atoms with Crippen LogP contribution in [0.4, 0.5) is 8.78 Å². The molecule has 1 unspecified atom stereocenters. The summed E-state index contributed by atoms with van der Waals surface area (Å²) >= 11 is 1.21. The zero-order valence-corrected chi connectivity index (χ0v) is 13.3. The number of hydrogen-bond acceptors (Lipinski definition) is 5. The molecule has 2 aromatic carbocycles. The van der Waals surface area contributed by atoms with E-state index < -0.39 is 17.7 Å². The van der Waals surface area contributed by atoms with Gasteiger partial charge in [-0.05, 0) is 22.1 Å². The molecule has 0 saturated carbocycles. The van der Waals surface area contributed by atoms with E-state index in [4.69, 9.17) is 0 Å². The van der Waals surface area contributed by atoms with Gasteiger partial charge in [0.1, 0.15) is 11.6 Å². The summed E-state index contributed by atoms with van der Waals surface area (Å²) in [6.07, 6.45) is -1.09. The van der Waals surface area contributed by atoms with Crippen molar-refractivity contribution in [3.63, 3.8) is 0 Å². The summed E-state index contributed by atoms with van der Waals surface area (Å²) in [5.74, 6) is -1.30. The highest BCUT2D eigenvalue weighted by Gasteiger charge is 2.16. The fourth-order valence-corrected chi connectivity index (χ4v) is 3.00. The lowest BCUT2D eigenvalue weighted by molar-refractivity contribution is 0.198. The normalized spacial score (nSPS) is 12.3. The molecule has 0 radical (unpaired) electrons. The molecule has 3 aromatic rings. The molecular formula is C16H14F2N4OS. The average molecular weight is 348 g/mol. The summed E-state index contributed by atoms with van der Waals surface area (Å²) in [6.45, 7) is 0.497. The van der Waals surface area contributed by atoms with Crippen LogP contribution < -0.4 is 0 Å². The molecule has 0 bridgehead atoms. The van der Waals surface area contributed by atoms with E-state index in [1.165, 1.54) is 17.8 Å². The number of thioether (sulfide) groups is 1. The summed E-state index contributed by atoms with van der Waals surface area (Å²) in [4.78, 5) is 0. The number of nitrogens with zero attached hydrogens (tertiary/aromatic N) is 4. The molecule has 3 rings (SSSR count). The van der Waals surface area contributed by atoms with Crippen LogP contribution in [0, 0.1) is 11.6 Å². The number of benzene rings is 2. The third-order valence-electron chi connectivity index (χ3n) is 3.37. The van der Waals surface area contributed by atoms with Crippen LogP contribution in [0.3, 0.4) is 0 Å². The number of aromatic nitrogens is 4. The molecule has 0 fully saturated rings. The molecule has 124 valence electrons. The lowest BCUT2D eigenvalue weighted by atomic mass is 10.1. The molecular weight excluding hydrogens is 334 g/mol. The van der Waals surface area contributed by atoms with Crippen LogP contribution in [0.25, 0.3) is 0 Å². The highest BCUT2D eigenvalue weighted by atomic mass is 32.2. The van der Waals surface area contributed by atoms with Crippen molar-refractivity contribution in [2.75, 3.05) is 5.75 Å². The van der Waals surface area contributed by atoms with Gasteiger partial charge < -0.3 is 5.11 Å². The van der Waals surface area contributed by atoms with Gasteiger partial charge in [-0.15, -0.1) is 5.10 Å². The van der Waals surface area contributed by atoms with Crippen molar-refractivity contribution >= 4 is 11.8 Å². The molecule has 1 aromatic heterocycles. The van der Waals surface area contributed by atoms with Crippen molar-refractivity contribution < 1.29 is 13.9 Å². The van der Waals surface area contributed by atoms with Gasteiger partial charge in [0, 0.05) is 17.4 Å². The maximum Gasteiger partial charge on any atom is 0.209 e. The standard InChI is InChI=1S/C16H14F2N4OS/c17-12-6-7-13(14(18)8-12)15(23)10-24-16-19-20-21-22(16)9-11-4-2-1-3-5-11/h1-8,15,23H,9-10H2. The van der Waals surface area contributed by atoms with Gasteiger partial charge in [0.2, 0.25) is 5.16 Å². The van der Waals surface area contributed by atoms with Gasteiger partial charge in [-0.3, -0.25) is 0 Å². The second kappa shape index (κ2) is 7.50. The van der Waals surface area contributed by atoms with Crippen molar-refractivity contribution in [1.82, 2.24) is 20.2 Å². The lowest BCUT2D eigenvalue weighted by Gasteiger charge is -2.11. The molecule has 24 heavy (non-hydrogen) atoms. The fraction of sp³-hybridized carbons (Fsp3) is 0.188. The molecule has 1 N–H and O–H groups in total. The predicted octanol–water partition coefficient (Wildman–Crippen LogP) is 2.83. The molecule has 0 aliphatic rings. The number of hydrogen-bond donors (Lipinski definition) is 1. The minimum atomic E-state index is -1.09. The van der Waals surface area contributed by atoms with Crippen LogP contribution in [0.2, 0.25) is 0 Å². The van der Waals surface area contributed by atoms with Crippen LogP contribution in [0.15, 0.2) is 53.7 Å². The van der Waals surface area contributed by atoms with Gasteiger partial charge in [0.15, 0.2) is 0 Å². The Morgan fingerprint density at radius 2 is 1.92 bits per heavy atom. The topological polar surface area (TPSA) is 63.8 Å². The summed E-state index contributed by atoms with van der Waals surface area (Å²) < 4.78 is 28.2. The maximum atomic E-state index is 13.7. The number of rotatable bonds is 6. The Balaban J connectivity index is 1.66. The molecule has 0 amide bonds. The summed E-state index contributed by atoms with van der Waals surface area (Å²) in [5, 5.41) is 22.1. The van der Waals surface area contributed by atoms with Gasteiger partial charge in [-0.25, -0.2) is 13.5 Å². The van der Waals surface area contributed by atoms with Crippen molar-refractivity contribution in [2.24, 2.45) is 0 Å². The van der Waals surface area contributed by atoms with Gasteiger partial charge >= 0.3 is 0 Å². The minimum absolute atomic E-state index is 0.0472. The van der Waals surface area contributed by atoms with E-state index >= 15 is 0 Å². The van der Waals surface area contributed by atoms with Gasteiger partial charge in [0.25, 0.3) is 0 Å². The number of halogens is 2. The Morgan fingerprint density at radius 3 is 2.67 bits per heavy atom. The lowest BCUT2D eigenvalue weighted by Crippen LogP contribution is -2.07. The third-order valence-corrected chi connectivity index (χ3v) is 4.40. The Morgan fingerprint density at radius 1 is 1.12 bits per heavy atom. The Kier molecular flexibility index (Phi) is 5.17. The highest BCUT2D eigenvalue weighted by Crippen LogP contribution is 2.25. The first-order valence-corrected chi connectivity index (χ1v) is 8.18. The van der Waals surface area contributed by atoms with E-state index in [0.717, 1.165) is 17.7 Å². The molecule has 5 nitrogen and oxygen atoms in total. The van der Waals surface area contributed by atoms with Crippen molar-refractivity contribution in [1.29, 1.82) is 0 Å². The van der Waals surface area contributed by atoms with Crippen molar-refractivity contribution in [3.05, 3.63) is 71.3 Å². The van der Waals surface area contributed by atoms with Crippen LogP contribution in [0.5, 0.6) is 0 Å². The average Bonchev–Trinajstić information content (AvgIpc) is 3.00. The number of tetrazole rings is 1. The molecule has 8 heteroatoms. The van der Waals surface area contributed by atoms with Crippen LogP contribution in [-0.4, -0.2) is 31.1 Å². The van der Waals surface area contributed by atoms with E-state index in [0.29, 0.717) is 11.7 Å². The number of aliphatic hydroxyl groups excluding tert-OH is 1. The molecule has 0 aliphatic carbocycles. The van der Waals surface area contributed by atoms with E-state index in [9.17, 15) is 13.9 Å². The third kappa shape index (κ3) is 3.95. The number of aliphatic hydroxyl groups is 1. The summed E-state index contributed by atoms with van der Waals surface area (Å²) in [7, 11) is 0. The van der Waals surface area contributed by atoms with E-state index in [1.54, 1.807) is 4.68 Å². The second-order valence-electron chi connectivity index (χ2n) is 5.10. The monoisotopic (exact) mass is 348 g/mol. The fourth-order valence-electron chi connectivity index (χ4n) is 2.17. The largest absolute Gasteiger partial charge is 0.387 e. The van der Waals surface area contributed by atoms with Gasteiger partial charge in [-0.1, -0.05) is 48.2 Å². The van der Waals surface area contributed by atoms with E-state index in [-0.39, 0.29) is 11.3 Å². The van der Waals surface area contributed by atoms with Crippen LogP contribution >= 0.6 is 11.8 Å².